The van der Waals surface area contributed by atoms with Gasteiger partial charge in [-0.25, -0.2) is 0 Å². The highest BCUT2D eigenvalue weighted by molar-refractivity contribution is 9.10. The zero-order chi connectivity index (χ0) is 13.0. The minimum atomic E-state index is 0.459. The molecular formula is C14H22BrN3. The lowest BCUT2D eigenvalue weighted by molar-refractivity contribution is 0.168. The summed E-state index contributed by atoms with van der Waals surface area (Å²) >= 11 is 3.56. The molecule has 4 heteroatoms. The first-order chi connectivity index (χ1) is 8.66. The Kier molecular flexibility index (Phi) is 5.18. The number of rotatable bonds is 4. The second kappa shape index (κ2) is 6.66. The number of benzene rings is 1. The molecule has 0 spiro atoms. The molecule has 1 aliphatic heterocycles. The molecule has 1 aliphatic rings. The van der Waals surface area contributed by atoms with Crippen LogP contribution in [-0.4, -0.2) is 56.6 Å². The number of nitrogens with one attached hydrogen (secondary N) is 1. The molecule has 1 fully saturated rings. The summed E-state index contributed by atoms with van der Waals surface area (Å²) in [5, 5.41) is 3.40. The van der Waals surface area contributed by atoms with Crippen molar-refractivity contribution >= 4 is 15.9 Å². The number of piperazine rings is 1. The van der Waals surface area contributed by atoms with Crippen molar-refractivity contribution in [3.63, 3.8) is 0 Å². The van der Waals surface area contributed by atoms with Gasteiger partial charge in [-0.3, -0.25) is 4.90 Å². The minimum absolute atomic E-state index is 0.459. The van der Waals surface area contributed by atoms with Crippen LogP contribution in [0.3, 0.4) is 0 Å². The fourth-order valence-corrected chi connectivity index (χ4v) is 2.84. The summed E-state index contributed by atoms with van der Waals surface area (Å²) in [7, 11) is 4.32. The minimum Gasteiger partial charge on any atom is -0.314 e. The summed E-state index contributed by atoms with van der Waals surface area (Å²) in [5.41, 5.74) is 1.38. The van der Waals surface area contributed by atoms with Crippen LogP contribution >= 0.6 is 15.9 Å². The van der Waals surface area contributed by atoms with Gasteiger partial charge in [-0.1, -0.05) is 28.1 Å². The van der Waals surface area contributed by atoms with E-state index in [4.69, 9.17) is 0 Å². The number of halogens is 1. The lowest BCUT2D eigenvalue weighted by Gasteiger charge is -2.34. The summed E-state index contributed by atoms with van der Waals surface area (Å²) in [6.45, 7) is 5.62. The number of hydrogen-bond acceptors (Lipinski definition) is 3. The van der Waals surface area contributed by atoms with Crippen molar-refractivity contribution in [2.24, 2.45) is 0 Å². The Morgan fingerprint density at radius 3 is 2.67 bits per heavy atom. The third kappa shape index (κ3) is 3.79. The molecule has 0 saturated carbocycles. The molecule has 0 aromatic heterocycles. The van der Waals surface area contributed by atoms with Crippen LogP contribution in [0, 0.1) is 0 Å². The standard InChI is InChI=1S/C14H22BrN3/c1-17(2)14(11-18-8-6-16-7-9-18)12-4-3-5-13(15)10-12/h3-5,10,14,16H,6-9,11H2,1-2H3. The molecule has 1 saturated heterocycles. The van der Waals surface area contributed by atoms with E-state index in [1.54, 1.807) is 0 Å². The third-order valence-electron chi connectivity index (χ3n) is 3.50. The van der Waals surface area contributed by atoms with Crippen molar-refractivity contribution < 1.29 is 0 Å². The monoisotopic (exact) mass is 311 g/mol. The van der Waals surface area contributed by atoms with Crippen LogP contribution in [-0.2, 0) is 0 Å². The van der Waals surface area contributed by atoms with Gasteiger partial charge in [-0.2, -0.15) is 0 Å². The Bertz CT molecular complexity index is 375. The topological polar surface area (TPSA) is 18.5 Å². The average Bonchev–Trinajstić information content (AvgIpc) is 2.37. The van der Waals surface area contributed by atoms with E-state index in [0.29, 0.717) is 6.04 Å². The number of nitrogens with zero attached hydrogens (tertiary/aromatic N) is 2. The third-order valence-corrected chi connectivity index (χ3v) is 3.99. The first-order valence-corrected chi connectivity index (χ1v) is 7.31. The largest absolute Gasteiger partial charge is 0.314 e. The van der Waals surface area contributed by atoms with E-state index in [0.717, 1.165) is 37.2 Å². The summed E-state index contributed by atoms with van der Waals surface area (Å²) in [5.74, 6) is 0. The predicted molar refractivity (Wildman–Crippen MR) is 79.9 cm³/mol. The Hall–Kier alpha value is -0.420. The van der Waals surface area contributed by atoms with Crippen molar-refractivity contribution in [1.29, 1.82) is 0 Å². The molecule has 1 aromatic carbocycles. The van der Waals surface area contributed by atoms with Gasteiger partial charge >= 0.3 is 0 Å². The molecule has 1 aromatic rings. The van der Waals surface area contributed by atoms with E-state index in [1.165, 1.54) is 5.56 Å². The second-order valence-corrected chi connectivity index (χ2v) is 6.00. The second-order valence-electron chi connectivity index (χ2n) is 5.09. The maximum atomic E-state index is 3.56. The van der Waals surface area contributed by atoms with Crippen LogP contribution in [0.5, 0.6) is 0 Å². The quantitative estimate of drug-likeness (QED) is 0.917. The summed E-state index contributed by atoms with van der Waals surface area (Å²) in [6, 6.07) is 9.11. The van der Waals surface area contributed by atoms with Gasteiger partial charge in [0.25, 0.3) is 0 Å². The van der Waals surface area contributed by atoms with Crippen molar-refractivity contribution in [2.45, 2.75) is 6.04 Å². The molecule has 0 bridgehead atoms. The summed E-state index contributed by atoms with van der Waals surface area (Å²) < 4.78 is 1.16. The van der Waals surface area contributed by atoms with Crippen LogP contribution in [0.25, 0.3) is 0 Å². The molecule has 3 nitrogen and oxygen atoms in total. The van der Waals surface area contributed by atoms with Gasteiger partial charge in [-0.15, -0.1) is 0 Å². The molecule has 100 valence electrons. The van der Waals surface area contributed by atoms with Crippen LogP contribution in [0.2, 0.25) is 0 Å². The molecule has 2 rings (SSSR count). The highest BCUT2D eigenvalue weighted by Gasteiger charge is 2.19. The molecule has 0 radical (unpaired) electrons. The van der Waals surface area contributed by atoms with Crippen molar-refractivity contribution in [3.8, 4) is 0 Å². The maximum Gasteiger partial charge on any atom is 0.0469 e. The van der Waals surface area contributed by atoms with Crippen LogP contribution < -0.4 is 5.32 Å². The molecule has 0 aliphatic carbocycles. The van der Waals surface area contributed by atoms with E-state index in [9.17, 15) is 0 Å². The van der Waals surface area contributed by atoms with Crippen LogP contribution in [0.1, 0.15) is 11.6 Å². The molecule has 1 heterocycles. The normalized spacial score (nSPS) is 19.1. The highest BCUT2D eigenvalue weighted by Crippen LogP contribution is 2.23. The smallest absolute Gasteiger partial charge is 0.0469 e. The van der Waals surface area contributed by atoms with Gasteiger partial charge in [0, 0.05) is 43.2 Å². The van der Waals surface area contributed by atoms with Gasteiger partial charge in [0.05, 0.1) is 0 Å². The molecule has 1 unspecified atom stereocenters. The Morgan fingerprint density at radius 2 is 2.06 bits per heavy atom. The predicted octanol–water partition coefficient (Wildman–Crippen LogP) is 1.96. The maximum absolute atomic E-state index is 3.56. The fraction of sp³-hybridized carbons (Fsp3) is 0.571. The van der Waals surface area contributed by atoms with Crippen LogP contribution in [0.4, 0.5) is 0 Å². The van der Waals surface area contributed by atoms with Gasteiger partial charge in [-0.05, 0) is 31.8 Å². The molecule has 18 heavy (non-hydrogen) atoms. The number of hydrogen-bond donors (Lipinski definition) is 1. The van der Waals surface area contributed by atoms with Gasteiger partial charge in [0.2, 0.25) is 0 Å². The van der Waals surface area contributed by atoms with E-state index >= 15 is 0 Å². The molecule has 1 atom stereocenters. The lowest BCUT2D eigenvalue weighted by atomic mass is 10.1. The Balaban J connectivity index is 2.07. The first kappa shape index (κ1) is 14.0. The van der Waals surface area contributed by atoms with E-state index in [1.807, 2.05) is 0 Å². The summed E-state index contributed by atoms with van der Waals surface area (Å²) in [6.07, 6.45) is 0. The van der Waals surface area contributed by atoms with Crippen LogP contribution in [0.15, 0.2) is 28.7 Å². The van der Waals surface area contributed by atoms with Crippen molar-refractivity contribution in [3.05, 3.63) is 34.3 Å². The molecule has 1 N–H and O–H groups in total. The molecule has 0 amide bonds. The lowest BCUT2D eigenvalue weighted by Crippen LogP contribution is -2.46. The fourth-order valence-electron chi connectivity index (χ4n) is 2.42. The SMILES string of the molecule is CN(C)C(CN1CCNCC1)c1cccc(Br)c1. The van der Waals surface area contributed by atoms with E-state index in [2.05, 4.69) is 69.4 Å². The first-order valence-electron chi connectivity index (χ1n) is 6.52. The van der Waals surface area contributed by atoms with Gasteiger partial charge < -0.3 is 10.2 Å². The van der Waals surface area contributed by atoms with E-state index in [-0.39, 0.29) is 0 Å². The molecular weight excluding hydrogens is 290 g/mol. The Labute approximate surface area is 118 Å². The zero-order valence-electron chi connectivity index (χ0n) is 11.2. The summed E-state index contributed by atoms with van der Waals surface area (Å²) in [4.78, 5) is 4.85. The van der Waals surface area contributed by atoms with Crippen molar-refractivity contribution in [2.75, 3.05) is 46.8 Å². The zero-order valence-corrected chi connectivity index (χ0v) is 12.8. The number of likely N-dealkylation sites (N-methyl/N-ethyl adjacent to an activating group) is 1. The highest BCUT2D eigenvalue weighted by atomic mass is 79.9. The van der Waals surface area contributed by atoms with Crippen molar-refractivity contribution in [1.82, 2.24) is 15.1 Å². The van der Waals surface area contributed by atoms with E-state index < -0.39 is 0 Å². The van der Waals surface area contributed by atoms with Gasteiger partial charge in [0.1, 0.15) is 0 Å². The van der Waals surface area contributed by atoms with Gasteiger partial charge in [0.15, 0.2) is 0 Å². The average molecular weight is 312 g/mol. The Morgan fingerprint density at radius 1 is 1.33 bits per heavy atom.